The fourth-order valence-electron chi connectivity index (χ4n) is 2.82. The largest absolute Gasteiger partial charge is 0.409 e. The fraction of sp³-hybridized carbons (Fsp3) is 0.857. The van der Waals surface area contributed by atoms with Crippen LogP contribution in [0.2, 0.25) is 0 Å². The summed E-state index contributed by atoms with van der Waals surface area (Å²) in [6, 6.07) is 0. The predicted molar refractivity (Wildman–Crippen MR) is 84.1 cm³/mol. The average Bonchev–Trinajstić information content (AvgIpc) is 2.96. The molecule has 0 aliphatic carbocycles. The van der Waals surface area contributed by atoms with Gasteiger partial charge in [-0.3, -0.25) is 4.79 Å². The standard InChI is InChI=1S/C14H27N3O2S/c1-3-6-14(7-4-2,12(15)17-19)13(18)16-9-11-5-8-20-10-11/h11,19H,3-10H2,1-2H3,(H2,15,17)(H,16,18). The van der Waals surface area contributed by atoms with Crippen LogP contribution in [0.15, 0.2) is 5.16 Å². The second kappa shape index (κ2) is 8.39. The van der Waals surface area contributed by atoms with Gasteiger partial charge in [-0.1, -0.05) is 31.8 Å². The van der Waals surface area contributed by atoms with E-state index in [4.69, 9.17) is 10.9 Å². The summed E-state index contributed by atoms with van der Waals surface area (Å²) in [5.41, 5.74) is 4.99. The normalized spacial score (nSPS) is 20.1. The van der Waals surface area contributed by atoms with Crippen molar-refractivity contribution in [3.05, 3.63) is 0 Å². The number of carbonyl (C=O) groups excluding carboxylic acids is 1. The smallest absolute Gasteiger partial charge is 0.233 e. The second-order valence-electron chi connectivity index (χ2n) is 5.51. The Kier molecular flexibility index (Phi) is 7.19. The maximum absolute atomic E-state index is 12.6. The van der Waals surface area contributed by atoms with Crippen molar-refractivity contribution in [2.45, 2.75) is 46.0 Å². The lowest BCUT2D eigenvalue weighted by molar-refractivity contribution is -0.128. The fourth-order valence-corrected chi connectivity index (χ4v) is 4.11. The number of oxime groups is 1. The van der Waals surface area contributed by atoms with Crippen LogP contribution in [-0.4, -0.2) is 35.0 Å². The summed E-state index contributed by atoms with van der Waals surface area (Å²) in [7, 11) is 0. The molecule has 0 saturated carbocycles. The molecule has 1 saturated heterocycles. The second-order valence-corrected chi connectivity index (χ2v) is 6.66. The topological polar surface area (TPSA) is 87.7 Å². The van der Waals surface area contributed by atoms with Crippen LogP contribution in [0.25, 0.3) is 0 Å². The van der Waals surface area contributed by atoms with Gasteiger partial charge >= 0.3 is 0 Å². The summed E-state index contributed by atoms with van der Waals surface area (Å²) in [5.74, 6) is 2.79. The van der Waals surface area contributed by atoms with Gasteiger partial charge in [0.2, 0.25) is 5.91 Å². The van der Waals surface area contributed by atoms with E-state index in [1.54, 1.807) is 0 Å². The number of nitrogens with two attached hydrogens (primary N) is 1. The molecule has 5 nitrogen and oxygen atoms in total. The summed E-state index contributed by atoms with van der Waals surface area (Å²) < 4.78 is 0. The van der Waals surface area contributed by atoms with E-state index in [-0.39, 0.29) is 11.7 Å². The van der Waals surface area contributed by atoms with Gasteiger partial charge in [0.05, 0.1) is 0 Å². The van der Waals surface area contributed by atoms with Crippen molar-refractivity contribution >= 4 is 23.5 Å². The molecule has 1 aliphatic heterocycles. The number of hydrogen-bond donors (Lipinski definition) is 3. The van der Waals surface area contributed by atoms with E-state index in [1.807, 2.05) is 25.6 Å². The molecule has 0 aromatic heterocycles. The molecule has 1 fully saturated rings. The number of rotatable bonds is 8. The third-order valence-electron chi connectivity index (χ3n) is 3.96. The van der Waals surface area contributed by atoms with Gasteiger partial charge in [0.25, 0.3) is 0 Å². The Morgan fingerprint density at radius 3 is 2.55 bits per heavy atom. The Bertz CT molecular complexity index is 335. The van der Waals surface area contributed by atoms with E-state index in [0.29, 0.717) is 25.3 Å². The highest BCUT2D eigenvalue weighted by Crippen LogP contribution is 2.31. The number of amidine groups is 1. The first-order chi connectivity index (χ1) is 9.60. The first kappa shape index (κ1) is 17.1. The zero-order chi connectivity index (χ0) is 15.0. The molecule has 0 radical (unpaired) electrons. The Balaban J connectivity index is 2.75. The van der Waals surface area contributed by atoms with Crippen LogP contribution < -0.4 is 11.1 Å². The summed E-state index contributed by atoms with van der Waals surface area (Å²) >= 11 is 1.93. The Labute approximate surface area is 125 Å². The molecule has 0 aromatic rings. The molecular weight excluding hydrogens is 274 g/mol. The summed E-state index contributed by atoms with van der Waals surface area (Å²) in [6.07, 6.45) is 4.03. The van der Waals surface area contributed by atoms with Crippen molar-refractivity contribution in [2.24, 2.45) is 22.2 Å². The van der Waals surface area contributed by atoms with Crippen molar-refractivity contribution < 1.29 is 10.0 Å². The van der Waals surface area contributed by atoms with Crippen LogP contribution >= 0.6 is 11.8 Å². The van der Waals surface area contributed by atoms with E-state index < -0.39 is 5.41 Å². The average molecular weight is 301 g/mol. The minimum absolute atomic E-state index is 0.0412. The third-order valence-corrected chi connectivity index (χ3v) is 5.19. The third kappa shape index (κ3) is 4.04. The van der Waals surface area contributed by atoms with Gasteiger partial charge in [-0.2, -0.15) is 11.8 Å². The molecular formula is C14H27N3O2S. The van der Waals surface area contributed by atoms with Crippen molar-refractivity contribution in [1.29, 1.82) is 0 Å². The zero-order valence-electron chi connectivity index (χ0n) is 12.5. The predicted octanol–water partition coefficient (Wildman–Crippen LogP) is 2.19. The van der Waals surface area contributed by atoms with E-state index in [2.05, 4.69) is 10.5 Å². The van der Waals surface area contributed by atoms with E-state index in [0.717, 1.165) is 25.0 Å². The molecule has 116 valence electrons. The molecule has 1 amide bonds. The molecule has 6 heteroatoms. The molecule has 4 N–H and O–H groups in total. The lowest BCUT2D eigenvalue weighted by Crippen LogP contribution is -2.50. The Morgan fingerprint density at radius 2 is 2.10 bits per heavy atom. The van der Waals surface area contributed by atoms with Crippen molar-refractivity contribution in [3.8, 4) is 0 Å². The molecule has 1 unspecified atom stereocenters. The van der Waals surface area contributed by atoms with Crippen LogP contribution in [0.5, 0.6) is 0 Å². The van der Waals surface area contributed by atoms with Gasteiger partial charge in [0.15, 0.2) is 5.84 Å². The Hall–Kier alpha value is -0.910. The van der Waals surface area contributed by atoms with Crippen molar-refractivity contribution in [3.63, 3.8) is 0 Å². The number of nitrogens with one attached hydrogen (secondary N) is 1. The number of hydrogen-bond acceptors (Lipinski definition) is 4. The van der Waals surface area contributed by atoms with Gasteiger partial charge in [-0.05, 0) is 36.7 Å². The SMILES string of the molecule is CCCC(CCC)(C(=O)NCC1CCSC1)C(N)=NO. The van der Waals surface area contributed by atoms with E-state index in [9.17, 15) is 4.79 Å². The number of amides is 1. The van der Waals surface area contributed by atoms with Crippen LogP contribution in [0.1, 0.15) is 46.0 Å². The van der Waals surface area contributed by atoms with E-state index >= 15 is 0 Å². The first-order valence-corrected chi connectivity index (χ1v) is 8.60. The molecule has 1 rings (SSSR count). The van der Waals surface area contributed by atoms with Crippen molar-refractivity contribution in [2.75, 3.05) is 18.1 Å². The van der Waals surface area contributed by atoms with Crippen LogP contribution in [0.3, 0.4) is 0 Å². The maximum atomic E-state index is 12.6. The number of carbonyl (C=O) groups is 1. The van der Waals surface area contributed by atoms with Gasteiger partial charge < -0.3 is 16.3 Å². The molecule has 1 aliphatic rings. The molecule has 1 heterocycles. The molecule has 1 atom stereocenters. The quantitative estimate of drug-likeness (QED) is 0.277. The molecule has 0 aromatic carbocycles. The first-order valence-electron chi connectivity index (χ1n) is 7.44. The van der Waals surface area contributed by atoms with Crippen LogP contribution in [0.4, 0.5) is 0 Å². The number of thioether (sulfide) groups is 1. The lowest BCUT2D eigenvalue weighted by Gasteiger charge is -2.31. The van der Waals surface area contributed by atoms with Crippen LogP contribution in [0, 0.1) is 11.3 Å². The molecule has 0 spiro atoms. The number of nitrogens with zero attached hydrogens (tertiary/aromatic N) is 1. The summed E-state index contributed by atoms with van der Waals surface area (Å²) in [6.45, 7) is 4.71. The highest BCUT2D eigenvalue weighted by molar-refractivity contribution is 7.99. The highest BCUT2D eigenvalue weighted by Gasteiger charge is 2.41. The van der Waals surface area contributed by atoms with Gasteiger partial charge in [-0.15, -0.1) is 0 Å². The van der Waals surface area contributed by atoms with E-state index in [1.165, 1.54) is 5.75 Å². The Morgan fingerprint density at radius 1 is 1.45 bits per heavy atom. The van der Waals surface area contributed by atoms with Gasteiger partial charge in [0.1, 0.15) is 5.41 Å². The van der Waals surface area contributed by atoms with Gasteiger partial charge in [-0.25, -0.2) is 0 Å². The van der Waals surface area contributed by atoms with Gasteiger partial charge in [0, 0.05) is 6.54 Å². The maximum Gasteiger partial charge on any atom is 0.233 e. The summed E-state index contributed by atoms with van der Waals surface area (Å²) in [5, 5.41) is 15.2. The minimum atomic E-state index is -0.857. The zero-order valence-corrected chi connectivity index (χ0v) is 13.3. The highest BCUT2D eigenvalue weighted by atomic mass is 32.2. The minimum Gasteiger partial charge on any atom is -0.409 e. The molecule has 20 heavy (non-hydrogen) atoms. The lowest BCUT2D eigenvalue weighted by atomic mass is 9.77. The van der Waals surface area contributed by atoms with Crippen molar-refractivity contribution in [1.82, 2.24) is 5.32 Å². The van der Waals surface area contributed by atoms with Crippen LogP contribution in [-0.2, 0) is 4.79 Å². The molecule has 0 bridgehead atoms. The summed E-state index contributed by atoms with van der Waals surface area (Å²) in [4.78, 5) is 12.6. The monoisotopic (exact) mass is 301 g/mol.